The molecule has 0 spiro atoms. The number of nitrogens with one attached hydrogen (secondary N) is 2. The van der Waals surface area contributed by atoms with Crippen molar-refractivity contribution in [2.75, 3.05) is 6.54 Å². The second-order valence-electron chi connectivity index (χ2n) is 6.94. The first-order valence-electron chi connectivity index (χ1n) is 9.72. The van der Waals surface area contributed by atoms with Gasteiger partial charge in [-0.25, -0.2) is 4.99 Å². The zero-order valence-corrected chi connectivity index (χ0v) is 15.9. The molecule has 0 saturated heterocycles. The third-order valence-corrected chi connectivity index (χ3v) is 5.02. The molecule has 26 heavy (non-hydrogen) atoms. The van der Waals surface area contributed by atoms with Crippen LogP contribution >= 0.6 is 0 Å². The Kier molecular flexibility index (Phi) is 6.63. The van der Waals surface area contributed by atoms with Gasteiger partial charge in [0.05, 0.1) is 6.54 Å². The molecular weight excluding hydrogens is 324 g/mol. The van der Waals surface area contributed by atoms with Gasteiger partial charge in [0, 0.05) is 25.6 Å². The van der Waals surface area contributed by atoms with Crippen LogP contribution in [0, 0.1) is 6.92 Å². The van der Waals surface area contributed by atoms with E-state index in [1.54, 1.807) is 6.33 Å². The largest absolute Gasteiger partial charge is 0.355 e. The van der Waals surface area contributed by atoms with Gasteiger partial charge < -0.3 is 15.2 Å². The van der Waals surface area contributed by atoms with Gasteiger partial charge in [-0.2, -0.15) is 0 Å². The minimum absolute atomic E-state index is 0.541. The molecule has 140 valence electrons. The third kappa shape index (κ3) is 5.07. The highest BCUT2D eigenvalue weighted by atomic mass is 15.3. The Morgan fingerprint density at radius 1 is 1.27 bits per heavy atom. The Morgan fingerprint density at radius 2 is 2.08 bits per heavy atom. The summed E-state index contributed by atoms with van der Waals surface area (Å²) in [4.78, 5) is 4.83. The first-order valence-corrected chi connectivity index (χ1v) is 9.72. The van der Waals surface area contributed by atoms with Crippen molar-refractivity contribution >= 4 is 5.96 Å². The predicted molar refractivity (Wildman–Crippen MR) is 105 cm³/mol. The molecule has 1 aliphatic carbocycles. The number of aliphatic imine (C=N–C) groups is 1. The van der Waals surface area contributed by atoms with Gasteiger partial charge in [-0.05, 0) is 30.9 Å². The van der Waals surface area contributed by atoms with Gasteiger partial charge in [0.2, 0.25) is 0 Å². The van der Waals surface area contributed by atoms with Crippen molar-refractivity contribution in [1.82, 2.24) is 25.4 Å². The molecule has 1 aromatic heterocycles. The van der Waals surface area contributed by atoms with Gasteiger partial charge in [0.15, 0.2) is 5.96 Å². The van der Waals surface area contributed by atoms with E-state index in [0.717, 1.165) is 31.3 Å². The highest BCUT2D eigenvalue weighted by molar-refractivity contribution is 5.80. The van der Waals surface area contributed by atoms with E-state index in [1.165, 1.54) is 36.8 Å². The maximum Gasteiger partial charge on any atom is 0.191 e. The van der Waals surface area contributed by atoms with Crippen LogP contribution in [0.2, 0.25) is 0 Å². The van der Waals surface area contributed by atoms with Crippen LogP contribution in [0.4, 0.5) is 0 Å². The Bertz CT molecular complexity index is 715. The van der Waals surface area contributed by atoms with E-state index in [2.05, 4.69) is 63.5 Å². The second kappa shape index (κ2) is 9.36. The summed E-state index contributed by atoms with van der Waals surface area (Å²) in [6.45, 7) is 6.58. The molecular formula is C20H30N6. The van der Waals surface area contributed by atoms with Crippen LogP contribution in [-0.4, -0.2) is 33.3 Å². The fourth-order valence-corrected chi connectivity index (χ4v) is 3.40. The summed E-state index contributed by atoms with van der Waals surface area (Å²) in [7, 11) is 0. The SMILES string of the molecule is CCc1nncn1CCNC(=NCc1ccccc1C)NC1CCCC1. The molecule has 1 aromatic carbocycles. The molecule has 0 atom stereocenters. The van der Waals surface area contributed by atoms with Gasteiger partial charge in [0.25, 0.3) is 0 Å². The number of hydrogen-bond acceptors (Lipinski definition) is 3. The fraction of sp³-hybridized carbons (Fsp3) is 0.550. The number of benzene rings is 1. The average Bonchev–Trinajstić information content (AvgIpc) is 3.32. The topological polar surface area (TPSA) is 67.1 Å². The zero-order valence-electron chi connectivity index (χ0n) is 15.9. The third-order valence-electron chi connectivity index (χ3n) is 5.02. The second-order valence-corrected chi connectivity index (χ2v) is 6.94. The lowest BCUT2D eigenvalue weighted by Crippen LogP contribution is -2.43. The Morgan fingerprint density at radius 3 is 2.85 bits per heavy atom. The van der Waals surface area contributed by atoms with E-state index in [0.29, 0.717) is 12.6 Å². The summed E-state index contributed by atoms with van der Waals surface area (Å²) in [6, 6.07) is 8.98. The van der Waals surface area contributed by atoms with Crippen molar-refractivity contribution in [3.8, 4) is 0 Å². The van der Waals surface area contributed by atoms with Crippen LogP contribution < -0.4 is 10.6 Å². The predicted octanol–water partition coefficient (Wildman–Crippen LogP) is 2.83. The highest BCUT2D eigenvalue weighted by Gasteiger charge is 2.16. The lowest BCUT2D eigenvalue weighted by Gasteiger charge is -2.18. The normalized spacial score (nSPS) is 15.4. The molecule has 6 heteroatoms. The van der Waals surface area contributed by atoms with E-state index in [-0.39, 0.29) is 0 Å². The summed E-state index contributed by atoms with van der Waals surface area (Å²) in [5, 5.41) is 15.2. The van der Waals surface area contributed by atoms with Crippen molar-refractivity contribution in [2.45, 2.75) is 65.1 Å². The van der Waals surface area contributed by atoms with Gasteiger partial charge >= 0.3 is 0 Å². The molecule has 1 saturated carbocycles. The van der Waals surface area contributed by atoms with Crippen LogP contribution in [0.25, 0.3) is 0 Å². The maximum atomic E-state index is 4.83. The molecule has 1 aliphatic rings. The van der Waals surface area contributed by atoms with Crippen molar-refractivity contribution in [3.63, 3.8) is 0 Å². The fourth-order valence-electron chi connectivity index (χ4n) is 3.40. The lowest BCUT2D eigenvalue weighted by atomic mass is 10.1. The van der Waals surface area contributed by atoms with E-state index in [9.17, 15) is 0 Å². The molecule has 6 nitrogen and oxygen atoms in total. The summed E-state index contributed by atoms with van der Waals surface area (Å²) < 4.78 is 2.10. The Labute approximate surface area is 156 Å². The standard InChI is InChI=1S/C20H30N6/c1-3-19-25-23-15-26(19)13-12-21-20(24-18-10-6-7-11-18)22-14-17-9-5-4-8-16(17)2/h4-5,8-9,15,18H,3,6-7,10-14H2,1-2H3,(H2,21,22,24). The number of nitrogens with zero attached hydrogens (tertiary/aromatic N) is 4. The number of hydrogen-bond donors (Lipinski definition) is 2. The molecule has 1 fully saturated rings. The summed E-state index contributed by atoms with van der Waals surface area (Å²) in [6.07, 6.45) is 7.78. The Hall–Kier alpha value is -2.37. The van der Waals surface area contributed by atoms with Crippen molar-refractivity contribution < 1.29 is 0 Å². The van der Waals surface area contributed by atoms with E-state index in [1.807, 2.05) is 0 Å². The van der Waals surface area contributed by atoms with E-state index >= 15 is 0 Å². The Balaban J connectivity index is 1.60. The number of aryl methyl sites for hydroxylation is 2. The van der Waals surface area contributed by atoms with Crippen LogP contribution in [0.3, 0.4) is 0 Å². The molecule has 0 amide bonds. The summed E-state index contributed by atoms with van der Waals surface area (Å²) >= 11 is 0. The number of rotatable bonds is 7. The number of aromatic nitrogens is 3. The molecule has 2 aromatic rings. The van der Waals surface area contributed by atoms with Gasteiger partial charge in [0.1, 0.15) is 12.2 Å². The van der Waals surface area contributed by atoms with Crippen LogP contribution in [-0.2, 0) is 19.5 Å². The maximum absolute atomic E-state index is 4.83. The summed E-state index contributed by atoms with van der Waals surface area (Å²) in [5.74, 6) is 1.93. The molecule has 0 bridgehead atoms. The first kappa shape index (κ1) is 18.4. The smallest absolute Gasteiger partial charge is 0.191 e. The quantitative estimate of drug-likeness (QED) is 0.593. The number of guanidine groups is 1. The molecule has 0 radical (unpaired) electrons. The van der Waals surface area contributed by atoms with Crippen LogP contribution in [0.15, 0.2) is 35.6 Å². The summed E-state index contributed by atoms with van der Waals surface area (Å²) in [5.41, 5.74) is 2.56. The van der Waals surface area contributed by atoms with Gasteiger partial charge in [-0.1, -0.05) is 44.0 Å². The van der Waals surface area contributed by atoms with Gasteiger partial charge in [-0.3, -0.25) is 0 Å². The minimum atomic E-state index is 0.541. The molecule has 0 aliphatic heterocycles. The molecule has 3 rings (SSSR count). The van der Waals surface area contributed by atoms with Crippen LogP contribution in [0.1, 0.15) is 49.6 Å². The molecule has 0 unspecified atom stereocenters. The van der Waals surface area contributed by atoms with Crippen LogP contribution in [0.5, 0.6) is 0 Å². The molecule has 2 N–H and O–H groups in total. The van der Waals surface area contributed by atoms with E-state index in [4.69, 9.17) is 4.99 Å². The highest BCUT2D eigenvalue weighted by Crippen LogP contribution is 2.17. The van der Waals surface area contributed by atoms with Crippen molar-refractivity contribution in [3.05, 3.63) is 47.5 Å². The first-order chi connectivity index (χ1) is 12.8. The monoisotopic (exact) mass is 354 g/mol. The minimum Gasteiger partial charge on any atom is -0.355 e. The van der Waals surface area contributed by atoms with Crippen molar-refractivity contribution in [1.29, 1.82) is 0 Å². The van der Waals surface area contributed by atoms with Gasteiger partial charge in [-0.15, -0.1) is 10.2 Å². The zero-order chi connectivity index (χ0) is 18.2. The van der Waals surface area contributed by atoms with Crippen molar-refractivity contribution in [2.24, 2.45) is 4.99 Å². The lowest BCUT2D eigenvalue weighted by molar-refractivity contribution is 0.593. The van der Waals surface area contributed by atoms with E-state index < -0.39 is 0 Å². The average molecular weight is 355 g/mol. The molecule has 1 heterocycles.